The maximum atomic E-state index is 11.3. The van der Waals surface area contributed by atoms with E-state index in [0.29, 0.717) is 12.3 Å². The number of piperidine rings is 1. The Bertz CT molecular complexity index is 434. The van der Waals surface area contributed by atoms with Crippen LogP contribution in [-0.4, -0.2) is 33.6 Å². The largest absolute Gasteiger partial charge is 0.480 e. The highest BCUT2D eigenvalue weighted by molar-refractivity contribution is 5.78. The molecule has 0 spiro atoms. The van der Waals surface area contributed by atoms with Crippen LogP contribution in [0.25, 0.3) is 0 Å². The zero-order chi connectivity index (χ0) is 13.1. The molecule has 1 N–H and O–H groups in total. The molecule has 1 aliphatic rings. The van der Waals surface area contributed by atoms with Crippen LogP contribution < -0.4 is 4.90 Å². The molecule has 5 heteroatoms. The molecule has 0 amide bonds. The number of anilines is 1. The second-order valence-electron chi connectivity index (χ2n) is 5.00. The Morgan fingerprint density at radius 1 is 1.44 bits per heavy atom. The van der Waals surface area contributed by atoms with Crippen molar-refractivity contribution >= 4 is 11.8 Å². The molecule has 0 aromatic carbocycles. The minimum absolute atomic E-state index is 0.319. The Hall–Kier alpha value is -1.65. The molecular weight excluding hydrogens is 230 g/mol. The van der Waals surface area contributed by atoms with Gasteiger partial charge in [0.2, 0.25) is 0 Å². The van der Waals surface area contributed by atoms with Gasteiger partial charge in [-0.2, -0.15) is 0 Å². The normalized spacial score (nSPS) is 20.2. The molecule has 5 nitrogen and oxygen atoms in total. The summed E-state index contributed by atoms with van der Waals surface area (Å²) < 4.78 is 0. The third-order valence-electron chi connectivity index (χ3n) is 3.35. The van der Waals surface area contributed by atoms with Crippen molar-refractivity contribution < 1.29 is 9.90 Å². The molecule has 0 radical (unpaired) electrons. The Morgan fingerprint density at radius 3 is 2.89 bits per heavy atom. The quantitative estimate of drug-likeness (QED) is 0.888. The SMILES string of the molecule is CC(C)c1cc(N2CCCCC2C(=O)O)ncn1. The highest BCUT2D eigenvalue weighted by Crippen LogP contribution is 2.24. The van der Waals surface area contributed by atoms with E-state index in [-0.39, 0.29) is 0 Å². The van der Waals surface area contributed by atoms with E-state index in [2.05, 4.69) is 23.8 Å². The lowest BCUT2D eigenvalue weighted by molar-refractivity contribution is -0.139. The van der Waals surface area contributed by atoms with Crippen molar-refractivity contribution in [2.24, 2.45) is 0 Å². The lowest BCUT2D eigenvalue weighted by Crippen LogP contribution is -2.45. The Labute approximate surface area is 107 Å². The first-order chi connectivity index (χ1) is 8.59. The maximum absolute atomic E-state index is 11.3. The fraction of sp³-hybridized carbons (Fsp3) is 0.615. The van der Waals surface area contributed by atoms with Gasteiger partial charge < -0.3 is 10.0 Å². The molecule has 18 heavy (non-hydrogen) atoms. The predicted octanol–water partition coefficient (Wildman–Crippen LogP) is 2.04. The molecule has 1 fully saturated rings. The number of carboxylic acid groups (broad SMARTS) is 1. The highest BCUT2D eigenvalue weighted by atomic mass is 16.4. The molecule has 0 bridgehead atoms. The van der Waals surface area contributed by atoms with Crippen LogP contribution in [0.3, 0.4) is 0 Å². The first kappa shape index (κ1) is 12.8. The topological polar surface area (TPSA) is 66.3 Å². The molecule has 0 aliphatic carbocycles. The summed E-state index contributed by atoms with van der Waals surface area (Å²) in [6.45, 7) is 4.89. The summed E-state index contributed by atoms with van der Waals surface area (Å²) in [5.74, 6) is 0.292. The van der Waals surface area contributed by atoms with Gasteiger partial charge in [-0.15, -0.1) is 0 Å². The van der Waals surface area contributed by atoms with E-state index in [1.165, 1.54) is 6.33 Å². The van der Waals surface area contributed by atoms with E-state index in [1.54, 1.807) is 0 Å². The molecule has 1 atom stereocenters. The monoisotopic (exact) mass is 249 g/mol. The van der Waals surface area contributed by atoms with E-state index in [9.17, 15) is 9.90 Å². The Balaban J connectivity index is 2.28. The molecule has 2 rings (SSSR count). The van der Waals surface area contributed by atoms with Crippen molar-refractivity contribution in [2.75, 3.05) is 11.4 Å². The van der Waals surface area contributed by atoms with Gasteiger partial charge in [0.15, 0.2) is 0 Å². The maximum Gasteiger partial charge on any atom is 0.326 e. The Kier molecular flexibility index (Phi) is 3.79. The third kappa shape index (κ3) is 2.60. The number of hydrogen-bond acceptors (Lipinski definition) is 4. The number of nitrogens with zero attached hydrogens (tertiary/aromatic N) is 3. The van der Waals surface area contributed by atoms with Crippen LogP contribution in [0.4, 0.5) is 5.82 Å². The van der Waals surface area contributed by atoms with Crippen LogP contribution in [0.5, 0.6) is 0 Å². The Morgan fingerprint density at radius 2 is 2.22 bits per heavy atom. The van der Waals surface area contributed by atoms with Gasteiger partial charge in [-0.25, -0.2) is 14.8 Å². The number of carbonyl (C=O) groups is 1. The molecule has 1 unspecified atom stereocenters. The second-order valence-corrected chi connectivity index (χ2v) is 5.00. The highest BCUT2D eigenvalue weighted by Gasteiger charge is 2.29. The summed E-state index contributed by atoms with van der Waals surface area (Å²) in [7, 11) is 0. The average molecular weight is 249 g/mol. The average Bonchev–Trinajstić information content (AvgIpc) is 2.39. The van der Waals surface area contributed by atoms with Gasteiger partial charge in [-0.3, -0.25) is 0 Å². The number of carboxylic acids is 1. The van der Waals surface area contributed by atoms with E-state index < -0.39 is 12.0 Å². The van der Waals surface area contributed by atoms with Crippen LogP contribution in [0.1, 0.15) is 44.7 Å². The first-order valence-electron chi connectivity index (χ1n) is 6.41. The van der Waals surface area contributed by atoms with Crippen molar-refractivity contribution in [1.82, 2.24) is 9.97 Å². The first-order valence-corrected chi connectivity index (χ1v) is 6.41. The van der Waals surface area contributed by atoms with Gasteiger partial charge in [0.05, 0.1) is 0 Å². The second kappa shape index (κ2) is 5.33. The fourth-order valence-electron chi connectivity index (χ4n) is 2.30. The van der Waals surface area contributed by atoms with E-state index >= 15 is 0 Å². The third-order valence-corrected chi connectivity index (χ3v) is 3.35. The van der Waals surface area contributed by atoms with Crippen LogP contribution >= 0.6 is 0 Å². The summed E-state index contributed by atoms with van der Waals surface area (Å²) in [6, 6.07) is 1.46. The summed E-state index contributed by atoms with van der Waals surface area (Å²) in [5.41, 5.74) is 0.953. The zero-order valence-electron chi connectivity index (χ0n) is 10.8. The molecule has 1 aromatic heterocycles. The van der Waals surface area contributed by atoms with Crippen LogP contribution in [-0.2, 0) is 4.79 Å². The van der Waals surface area contributed by atoms with E-state index in [4.69, 9.17) is 0 Å². The van der Waals surface area contributed by atoms with Crippen molar-refractivity contribution in [3.8, 4) is 0 Å². The van der Waals surface area contributed by atoms with Gasteiger partial charge in [0, 0.05) is 18.3 Å². The number of aromatic nitrogens is 2. The lowest BCUT2D eigenvalue weighted by atomic mass is 10.0. The number of rotatable bonds is 3. The fourth-order valence-corrected chi connectivity index (χ4v) is 2.30. The molecule has 1 aliphatic heterocycles. The molecule has 1 saturated heterocycles. The summed E-state index contributed by atoms with van der Waals surface area (Å²) in [5, 5.41) is 9.26. The van der Waals surface area contributed by atoms with Gasteiger partial charge in [-0.1, -0.05) is 13.8 Å². The predicted molar refractivity (Wildman–Crippen MR) is 68.7 cm³/mol. The van der Waals surface area contributed by atoms with Gasteiger partial charge in [0.1, 0.15) is 18.2 Å². The van der Waals surface area contributed by atoms with Gasteiger partial charge in [0.25, 0.3) is 0 Å². The van der Waals surface area contributed by atoms with E-state index in [1.807, 2.05) is 11.0 Å². The van der Waals surface area contributed by atoms with E-state index in [0.717, 1.165) is 30.9 Å². The van der Waals surface area contributed by atoms with Gasteiger partial charge in [-0.05, 0) is 25.2 Å². The van der Waals surface area contributed by atoms with Crippen LogP contribution in [0, 0.1) is 0 Å². The van der Waals surface area contributed by atoms with Crippen LogP contribution in [0.2, 0.25) is 0 Å². The number of aliphatic carboxylic acids is 1. The number of hydrogen-bond donors (Lipinski definition) is 1. The lowest BCUT2D eigenvalue weighted by Gasteiger charge is -2.34. The summed E-state index contributed by atoms with van der Waals surface area (Å²) in [6.07, 6.45) is 4.20. The molecular formula is C13H19N3O2. The molecule has 2 heterocycles. The van der Waals surface area contributed by atoms with Crippen molar-refractivity contribution in [3.05, 3.63) is 18.1 Å². The molecule has 98 valence electrons. The minimum atomic E-state index is -0.764. The standard InChI is InChI=1S/C13H19N3O2/c1-9(2)10-7-12(15-8-14-10)16-6-4-3-5-11(16)13(17)18/h7-9,11H,3-6H2,1-2H3,(H,17,18). The zero-order valence-corrected chi connectivity index (χ0v) is 10.8. The summed E-state index contributed by atoms with van der Waals surface area (Å²) >= 11 is 0. The summed E-state index contributed by atoms with van der Waals surface area (Å²) in [4.78, 5) is 21.6. The van der Waals surface area contributed by atoms with Crippen LogP contribution in [0.15, 0.2) is 12.4 Å². The van der Waals surface area contributed by atoms with Crippen molar-refractivity contribution in [2.45, 2.75) is 45.1 Å². The molecule has 1 aromatic rings. The van der Waals surface area contributed by atoms with Gasteiger partial charge >= 0.3 is 5.97 Å². The molecule has 0 saturated carbocycles. The smallest absolute Gasteiger partial charge is 0.326 e. The minimum Gasteiger partial charge on any atom is -0.480 e. The van der Waals surface area contributed by atoms with Crippen molar-refractivity contribution in [3.63, 3.8) is 0 Å². The van der Waals surface area contributed by atoms with Crippen molar-refractivity contribution in [1.29, 1.82) is 0 Å².